The Morgan fingerprint density at radius 2 is 1.60 bits per heavy atom. The van der Waals surface area contributed by atoms with E-state index in [9.17, 15) is 22.0 Å². The number of nitrogens with zero attached hydrogens (tertiary/aromatic N) is 2. The lowest BCUT2D eigenvalue weighted by Gasteiger charge is -2.03. The molecule has 0 aliphatic heterocycles. The zero-order chi connectivity index (χ0) is 14.9. The first-order valence-electron chi connectivity index (χ1n) is 4.93. The third kappa shape index (κ3) is 2.54. The first-order chi connectivity index (χ1) is 9.41. The maximum atomic E-state index is 13.3. The van der Waals surface area contributed by atoms with E-state index in [2.05, 4.69) is 15.5 Å². The molecule has 0 bridgehead atoms. The molecular weight excluding hydrogens is 303 g/mol. The second-order valence-corrected chi connectivity index (χ2v) is 4.29. The lowest BCUT2D eigenvalue weighted by Crippen LogP contribution is -2.07. The molecular formula is C10H5F5N4S. The molecule has 0 fully saturated rings. The van der Waals surface area contributed by atoms with Gasteiger partial charge in [0.25, 0.3) is 0 Å². The molecule has 2 aromatic rings. The highest BCUT2D eigenvalue weighted by molar-refractivity contribution is 7.14. The number of hydrogen-bond acceptors (Lipinski definition) is 5. The fourth-order valence-electron chi connectivity index (χ4n) is 1.22. The molecule has 0 saturated heterocycles. The number of benzene rings is 1. The number of nitrogen functional groups attached to an aromatic ring is 1. The van der Waals surface area contributed by atoms with E-state index in [0.717, 1.165) is 11.3 Å². The number of nitrogens with one attached hydrogen (secondary N) is 1. The molecule has 20 heavy (non-hydrogen) atoms. The predicted octanol–water partition coefficient (Wildman–Crippen LogP) is 2.87. The van der Waals surface area contributed by atoms with Gasteiger partial charge in [0, 0.05) is 5.38 Å². The fraction of sp³-hybridized carbons (Fsp3) is 0. The number of hydrazone groups is 1. The van der Waals surface area contributed by atoms with E-state index in [4.69, 9.17) is 5.73 Å². The van der Waals surface area contributed by atoms with Crippen LogP contribution in [0.5, 0.6) is 0 Å². The van der Waals surface area contributed by atoms with Gasteiger partial charge in [0.1, 0.15) is 5.82 Å². The number of halogens is 5. The van der Waals surface area contributed by atoms with E-state index in [1.165, 1.54) is 5.38 Å². The molecule has 0 aliphatic carbocycles. The summed E-state index contributed by atoms with van der Waals surface area (Å²) in [7, 11) is 0. The Labute approximate surface area is 112 Å². The van der Waals surface area contributed by atoms with Gasteiger partial charge in [0.15, 0.2) is 23.3 Å². The highest BCUT2D eigenvalue weighted by atomic mass is 32.1. The van der Waals surface area contributed by atoms with Crippen molar-refractivity contribution in [2.75, 3.05) is 11.2 Å². The quantitative estimate of drug-likeness (QED) is 0.301. The van der Waals surface area contributed by atoms with Gasteiger partial charge in [0.2, 0.25) is 10.9 Å². The highest BCUT2D eigenvalue weighted by Gasteiger charge is 2.24. The van der Waals surface area contributed by atoms with Gasteiger partial charge in [-0.3, -0.25) is 5.43 Å². The average molecular weight is 308 g/mol. The Bertz CT molecular complexity index is 656. The number of nitrogens with two attached hydrogens (primary N) is 1. The normalized spacial score (nSPS) is 11.2. The summed E-state index contributed by atoms with van der Waals surface area (Å²) in [6, 6.07) is 0. The lowest BCUT2D eigenvalue weighted by atomic mass is 10.2. The number of hydrogen-bond donors (Lipinski definition) is 2. The Morgan fingerprint density at radius 3 is 2.10 bits per heavy atom. The first kappa shape index (κ1) is 14.2. The molecule has 0 atom stereocenters. The van der Waals surface area contributed by atoms with E-state index < -0.39 is 34.6 Å². The van der Waals surface area contributed by atoms with Crippen molar-refractivity contribution in [1.29, 1.82) is 0 Å². The summed E-state index contributed by atoms with van der Waals surface area (Å²) in [6.45, 7) is 0. The summed E-state index contributed by atoms with van der Waals surface area (Å²) in [4.78, 5) is 3.71. The second-order valence-electron chi connectivity index (χ2n) is 3.43. The summed E-state index contributed by atoms with van der Waals surface area (Å²) < 4.78 is 65.1. The summed E-state index contributed by atoms with van der Waals surface area (Å²) in [5, 5.41) is 5.01. The van der Waals surface area contributed by atoms with Crippen LogP contribution in [0.3, 0.4) is 0 Å². The zero-order valence-corrected chi connectivity index (χ0v) is 10.2. The SMILES string of the molecule is Nc1csc(NN=Cc2c(F)c(F)c(F)c(F)c2F)n1. The van der Waals surface area contributed by atoms with Gasteiger partial charge in [-0.05, 0) is 0 Å². The Morgan fingerprint density at radius 1 is 1.05 bits per heavy atom. The van der Waals surface area contributed by atoms with Gasteiger partial charge in [-0.15, -0.1) is 11.3 Å². The van der Waals surface area contributed by atoms with Crippen LogP contribution in [0.2, 0.25) is 0 Å². The Hall–Kier alpha value is -2.23. The van der Waals surface area contributed by atoms with Crippen LogP contribution < -0.4 is 11.2 Å². The molecule has 0 spiro atoms. The standard InChI is InChI=1S/C10H5F5N4S/c11-5-3(6(12)8(14)9(15)7(5)13)1-17-19-10-18-4(16)2-20-10/h1-2H,16H2,(H,18,19). The summed E-state index contributed by atoms with van der Waals surface area (Å²) in [5.74, 6) is -10.0. The molecule has 0 amide bonds. The Kier molecular flexibility index (Phi) is 3.84. The van der Waals surface area contributed by atoms with Crippen LogP contribution in [0.15, 0.2) is 10.5 Å². The van der Waals surface area contributed by atoms with E-state index in [-0.39, 0.29) is 10.9 Å². The van der Waals surface area contributed by atoms with Gasteiger partial charge in [-0.25, -0.2) is 26.9 Å². The summed E-state index contributed by atoms with van der Waals surface area (Å²) >= 11 is 1.05. The van der Waals surface area contributed by atoms with Crippen LogP contribution in [0, 0.1) is 29.1 Å². The van der Waals surface area contributed by atoms with Crippen molar-refractivity contribution < 1.29 is 22.0 Å². The number of anilines is 2. The van der Waals surface area contributed by atoms with Crippen molar-refractivity contribution in [3.8, 4) is 0 Å². The Balaban J connectivity index is 2.29. The molecule has 1 aromatic carbocycles. The van der Waals surface area contributed by atoms with Crippen molar-refractivity contribution in [3.05, 3.63) is 40.0 Å². The van der Waals surface area contributed by atoms with Crippen molar-refractivity contribution in [1.82, 2.24) is 4.98 Å². The molecule has 1 heterocycles. The van der Waals surface area contributed by atoms with Crippen molar-refractivity contribution in [3.63, 3.8) is 0 Å². The molecule has 0 saturated carbocycles. The maximum absolute atomic E-state index is 13.3. The molecule has 0 radical (unpaired) electrons. The molecule has 10 heteroatoms. The van der Waals surface area contributed by atoms with Gasteiger partial charge in [0.05, 0.1) is 11.8 Å². The van der Waals surface area contributed by atoms with Gasteiger partial charge in [-0.2, -0.15) is 5.10 Å². The highest BCUT2D eigenvalue weighted by Crippen LogP contribution is 2.22. The zero-order valence-electron chi connectivity index (χ0n) is 9.42. The van der Waals surface area contributed by atoms with Crippen molar-refractivity contribution >= 4 is 28.5 Å². The molecule has 0 unspecified atom stereocenters. The van der Waals surface area contributed by atoms with E-state index >= 15 is 0 Å². The third-order valence-electron chi connectivity index (χ3n) is 2.12. The van der Waals surface area contributed by atoms with E-state index in [1.807, 2.05) is 0 Å². The number of rotatable bonds is 3. The van der Waals surface area contributed by atoms with Crippen LogP contribution in [-0.4, -0.2) is 11.2 Å². The molecule has 3 N–H and O–H groups in total. The van der Waals surface area contributed by atoms with Gasteiger partial charge < -0.3 is 5.73 Å². The molecule has 1 aromatic heterocycles. The molecule has 4 nitrogen and oxygen atoms in total. The topological polar surface area (TPSA) is 63.3 Å². The number of aromatic nitrogens is 1. The minimum absolute atomic E-state index is 0.197. The van der Waals surface area contributed by atoms with Crippen LogP contribution >= 0.6 is 11.3 Å². The van der Waals surface area contributed by atoms with Crippen molar-refractivity contribution in [2.45, 2.75) is 0 Å². The maximum Gasteiger partial charge on any atom is 0.205 e. The summed E-state index contributed by atoms with van der Waals surface area (Å²) in [6.07, 6.45) is 0.466. The summed E-state index contributed by atoms with van der Waals surface area (Å²) in [5.41, 5.74) is 6.41. The van der Waals surface area contributed by atoms with Crippen LogP contribution in [0.25, 0.3) is 0 Å². The third-order valence-corrected chi connectivity index (χ3v) is 2.88. The smallest absolute Gasteiger partial charge is 0.205 e. The molecule has 2 rings (SSSR count). The fourth-order valence-corrected chi connectivity index (χ4v) is 1.77. The average Bonchev–Trinajstić information content (AvgIpc) is 2.84. The molecule has 106 valence electrons. The van der Waals surface area contributed by atoms with Crippen LogP contribution in [0.1, 0.15) is 5.56 Å². The van der Waals surface area contributed by atoms with E-state index in [1.54, 1.807) is 0 Å². The van der Waals surface area contributed by atoms with Crippen molar-refractivity contribution in [2.24, 2.45) is 5.10 Å². The monoisotopic (exact) mass is 308 g/mol. The van der Waals surface area contributed by atoms with Crippen LogP contribution in [-0.2, 0) is 0 Å². The van der Waals surface area contributed by atoms with Gasteiger partial charge in [-0.1, -0.05) is 0 Å². The van der Waals surface area contributed by atoms with E-state index in [0.29, 0.717) is 6.21 Å². The lowest BCUT2D eigenvalue weighted by molar-refractivity contribution is 0.377. The number of thiazole rings is 1. The minimum atomic E-state index is -2.22. The largest absolute Gasteiger partial charge is 0.383 e. The first-order valence-corrected chi connectivity index (χ1v) is 5.81. The molecule has 0 aliphatic rings. The van der Waals surface area contributed by atoms with Gasteiger partial charge >= 0.3 is 0 Å². The second kappa shape index (κ2) is 5.41. The predicted molar refractivity (Wildman–Crippen MR) is 64.0 cm³/mol. The van der Waals surface area contributed by atoms with Crippen LogP contribution in [0.4, 0.5) is 32.9 Å². The minimum Gasteiger partial charge on any atom is -0.383 e.